The Bertz CT molecular complexity index is 807. The molecule has 2 amide bonds. The second-order valence-electron chi connectivity index (χ2n) is 8.66. The quantitative estimate of drug-likeness (QED) is 0.726. The molecule has 0 aliphatic carbocycles. The van der Waals surface area contributed by atoms with Crippen LogP contribution in [-0.4, -0.2) is 44.2 Å². The van der Waals surface area contributed by atoms with E-state index in [1.165, 1.54) is 16.8 Å². The third kappa shape index (κ3) is 5.26. The van der Waals surface area contributed by atoms with E-state index in [0.717, 1.165) is 31.9 Å². The average Bonchev–Trinajstić information content (AvgIpc) is 2.77. The molecule has 1 atom stereocenters. The molecule has 1 heterocycles. The molecule has 1 fully saturated rings. The Labute approximate surface area is 181 Å². The summed E-state index contributed by atoms with van der Waals surface area (Å²) in [6.07, 6.45) is 0. The predicted molar refractivity (Wildman–Crippen MR) is 123 cm³/mol. The van der Waals surface area contributed by atoms with E-state index in [0.29, 0.717) is 11.8 Å². The van der Waals surface area contributed by atoms with Crippen molar-refractivity contribution in [2.75, 3.05) is 38.2 Å². The molecule has 0 aromatic heterocycles. The van der Waals surface area contributed by atoms with Crippen molar-refractivity contribution in [3.63, 3.8) is 0 Å². The van der Waals surface area contributed by atoms with E-state index in [1.807, 2.05) is 17.0 Å². The molecule has 0 radical (unpaired) electrons. The van der Waals surface area contributed by atoms with E-state index in [2.05, 4.69) is 74.3 Å². The van der Waals surface area contributed by atoms with Gasteiger partial charge < -0.3 is 19.9 Å². The van der Waals surface area contributed by atoms with Crippen molar-refractivity contribution in [2.24, 2.45) is 5.92 Å². The summed E-state index contributed by atoms with van der Waals surface area (Å²) in [5.74, 6) is 1.69. The van der Waals surface area contributed by atoms with Crippen LogP contribution < -0.4 is 15.0 Å². The Morgan fingerprint density at radius 2 is 1.43 bits per heavy atom. The summed E-state index contributed by atoms with van der Waals surface area (Å²) >= 11 is 0. The molecule has 1 N–H and O–H groups in total. The third-order valence-corrected chi connectivity index (χ3v) is 5.91. The normalized spacial score (nSPS) is 15.4. The van der Waals surface area contributed by atoms with Crippen LogP contribution in [0.5, 0.6) is 5.75 Å². The number of carbonyl (C=O) groups excluding carboxylic acids is 1. The second-order valence-corrected chi connectivity index (χ2v) is 8.66. The smallest absolute Gasteiger partial charge is 0.318 e. The monoisotopic (exact) mass is 409 g/mol. The van der Waals surface area contributed by atoms with Gasteiger partial charge in [-0.25, -0.2) is 4.79 Å². The average molecular weight is 410 g/mol. The van der Waals surface area contributed by atoms with Crippen molar-refractivity contribution in [2.45, 2.75) is 39.7 Å². The summed E-state index contributed by atoms with van der Waals surface area (Å²) < 4.78 is 5.24. The molecule has 3 rings (SSSR count). The van der Waals surface area contributed by atoms with E-state index >= 15 is 0 Å². The first-order valence-corrected chi connectivity index (χ1v) is 10.9. The third-order valence-electron chi connectivity index (χ3n) is 5.91. The second kappa shape index (κ2) is 9.88. The molecule has 2 aromatic carbocycles. The van der Waals surface area contributed by atoms with Crippen LogP contribution in [0.25, 0.3) is 0 Å². The van der Waals surface area contributed by atoms with Gasteiger partial charge >= 0.3 is 6.03 Å². The van der Waals surface area contributed by atoms with Crippen LogP contribution in [-0.2, 0) is 0 Å². The van der Waals surface area contributed by atoms with Gasteiger partial charge in [0.2, 0.25) is 0 Å². The lowest BCUT2D eigenvalue weighted by molar-refractivity contribution is 0.186. The van der Waals surface area contributed by atoms with Crippen molar-refractivity contribution >= 4 is 11.7 Å². The minimum absolute atomic E-state index is 0.0123. The number of rotatable bonds is 6. The molecule has 162 valence electrons. The molecule has 0 saturated carbocycles. The molecule has 0 bridgehead atoms. The van der Waals surface area contributed by atoms with E-state index in [9.17, 15) is 4.79 Å². The number of methoxy groups -OCH3 is 1. The Hall–Kier alpha value is -2.69. The first kappa shape index (κ1) is 22.0. The molecule has 1 aliphatic rings. The minimum atomic E-state index is 0.0123. The highest BCUT2D eigenvalue weighted by atomic mass is 16.5. The number of nitrogens with one attached hydrogen (secondary N) is 1. The van der Waals surface area contributed by atoms with Crippen molar-refractivity contribution in [1.82, 2.24) is 10.2 Å². The number of piperazine rings is 1. The van der Waals surface area contributed by atoms with Crippen molar-refractivity contribution in [1.29, 1.82) is 0 Å². The fraction of sp³-hybridized carbons (Fsp3) is 0.480. The van der Waals surface area contributed by atoms with Gasteiger partial charge in [-0.05, 0) is 47.2 Å². The zero-order chi connectivity index (χ0) is 21.7. The highest BCUT2D eigenvalue weighted by molar-refractivity contribution is 5.75. The summed E-state index contributed by atoms with van der Waals surface area (Å²) in [6, 6.07) is 16.8. The number of nitrogens with zero attached hydrogens (tertiary/aromatic N) is 2. The van der Waals surface area contributed by atoms with Gasteiger partial charge in [-0.15, -0.1) is 0 Å². The Morgan fingerprint density at radius 3 is 1.93 bits per heavy atom. The number of amides is 2. The van der Waals surface area contributed by atoms with E-state index in [1.54, 1.807) is 7.11 Å². The zero-order valence-corrected chi connectivity index (χ0v) is 18.9. The fourth-order valence-corrected chi connectivity index (χ4v) is 3.91. The van der Waals surface area contributed by atoms with Gasteiger partial charge in [0.05, 0.1) is 13.2 Å². The van der Waals surface area contributed by atoms with Crippen molar-refractivity contribution in [3.8, 4) is 5.75 Å². The van der Waals surface area contributed by atoms with E-state index in [4.69, 9.17) is 4.74 Å². The van der Waals surface area contributed by atoms with Gasteiger partial charge in [-0.2, -0.15) is 0 Å². The highest BCUT2D eigenvalue weighted by Crippen LogP contribution is 2.25. The van der Waals surface area contributed by atoms with Gasteiger partial charge in [0.1, 0.15) is 5.75 Å². The lowest BCUT2D eigenvalue weighted by Gasteiger charge is -2.37. The number of anilines is 1. The molecule has 1 saturated heterocycles. The molecular weight excluding hydrogens is 374 g/mol. The maximum Gasteiger partial charge on any atom is 0.318 e. The van der Waals surface area contributed by atoms with Gasteiger partial charge in [-0.3, -0.25) is 0 Å². The molecule has 2 aromatic rings. The maximum absolute atomic E-state index is 13.0. The van der Waals surface area contributed by atoms with Gasteiger partial charge in [0, 0.05) is 31.9 Å². The lowest BCUT2D eigenvalue weighted by Crippen LogP contribution is -2.52. The van der Waals surface area contributed by atoms with E-state index in [-0.39, 0.29) is 12.1 Å². The van der Waals surface area contributed by atoms with Crippen LogP contribution >= 0.6 is 0 Å². The van der Waals surface area contributed by atoms with Crippen LogP contribution in [0.3, 0.4) is 0 Å². The lowest BCUT2D eigenvalue weighted by atomic mass is 9.93. The summed E-state index contributed by atoms with van der Waals surface area (Å²) in [4.78, 5) is 17.2. The summed E-state index contributed by atoms with van der Waals surface area (Å²) in [5.41, 5.74) is 3.66. The highest BCUT2D eigenvalue weighted by Gasteiger charge is 2.25. The van der Waals surface area contributed by atoms with Gasteiger partial charge in [0.15, 0.2) is 0 Å². The first-order chi connectivity index (χ1) is 14.4. The molecular formula is C25H35N3O2. The molecule has 0 spiro atoms. The van der Waals surface area contributed by atoms with Crippen LogP contribution in [0.2, 0.25) is 0 Å². The van der Waals surface area contributed by atoms with E-state index < -0.39 is 0 Å². The minimum Gasteiger partial charge on any atom is -0.497 e. The zero-order valence-electron chi connectivity index (χ0n) is 18.9. The summed E-state index contributed by atoms with van der Waals surface area (Å²) in [7, 11) is 1.68. The topological polar surface area (TPSA) is 44.8 Å². The summed E-state index contributed by atoms with van der Waals surface area (Å²) in [6.45, 7) is 11.8. The standard InChI is InChI=1S/C25H35N3O2/c1-18(2)20-6-8-21(9-7-20)24(19(3)4)26-25(29)28-16-14-27(15-17-28)22-10-12-23(30-5)13-11-22/h6-13,18-19,24H,14-17H2,1-5H3,(H,26,29). The molecule has 1 unspecified atom stereocenters. The predicted octanol–water partition coefficient (Wildman–Crippen LogP) is 5.05. The van der Waals surface area contributed by atoms with Crippen molar-refractivity contribution < 1.29 is 9.53 Å². The molecule has 1 aliphatic heterocycles. The molecule has 30 heavy (non-hydrogen) atoms. The Balaban J connectivity index is 1.59. The Morgan fingerprint density at radius 1 is 0.867 bits per heavy atom. The van der Waals surface area contributed by atoms with Crippen LogP contribution in [0.1, 0.15) is 50.8 Å². The molecule has 5 heteroatoms. The summed E-state index contributed by atoms with van der Waals surface area (Å²) in [5, 5.41) is 3.27. The molecule has 5 nitrogen and oxygen atoms in total. The van der Waals surface area contributed by atoms with Crippen molar-refractivity contribution in [3.05, 3.63) is 59.7 Å². The SMILES string of the molecule is COc1ccc(N2CCN(C(=O)NC(c3ccc(C(C)C)cc3)C(C)C)CC2)cc1. The number of hydrogen-bond donors (Lipinski definition) is 1. The Kier molecular flexibility index (Phi) is 7.24. The number of hydrogen-bond acceptors (Lipinski definition) is 3. The number of benzene rings is 2. The fourth-order valence-electron chi connectivity index (χ4n) is 3.91. The number of ether oxygens (including phenoxy) is 1. The maximum atomic E-state index is 13.0. The first-order valence-electron chi connectivity index (χ1n) is 10.9. The van der Waals surface area contributed by atoms with Crippen LogP contribution in [0, 0.1) is 5.92 Å². The van der Waals surface area contributed by atoms with Gasteiger partial charge in [0.25, 0.3) is 0 Å². The van der Waals surface area contributed by atoms with Gasteiger partial charge in [-0.1, -0.05) is 52.0 Å². The largest absolute Gasteiger partial charge is 0.497 e. The van der Waals surface area contributed by atoms with Crippen LogP contribution in [0.4, 0.5) is 10.5 Å². The van der Waals surface area contributed by atoms with Crippen LogP contribution in [0.15, 0.2) is 48.5 Å². The number of urea groups is 1. The number of carbonyl (C=O) groups is 1.